The van der Waals surface area contributed by atoms with Crippen molar-refractivity contribution in [2.75, 3.05) is 18.4 Å². The zero-order valence-electron chi connectivity index (χ0n) is 11.5. The molecule has 1 aromatic carbocycles. The molecule has 1 saturated carbocycles. The predicted molar refractivity (Wildman–Crippen MR) is 74.8 cm³/mol. The van der Waals surface area contributed by atoms with E-state index in [0.29, 0.717) is 18.3 Å². The zero-order chi connectivity index (χ0) is 14.4. The molecule has 0 bridgehead atoms. The quantitative estimate of drug-likeness (QED) is 0.798. The molecule has 1 fully saturated rings. The SMILES string of the molecule is FC(F)(F)c1cccc(NCCNC2CCCCC2)c1. The van der Waals surface area contributed by atoms with E-state index in [-0.39, 0.29) is 0 Å². The average molecular weight is 286 g/mol. The second-order valence-corrected chi connectivity index (χ2v) is 5.29. The summed E-state index contributed by atoms with van der Waals surface area (Å²) in [6.07, 6.45) is 2.02. The standard InChI is InChI=1S/C15H21F3N2/c16-15(17,18)12-5-4-8-14(11-12)20-10-9-19-13-6-2-1-3-7-13/h4-5,8,11,13,19-20H,1-3,6-7,9-10H2. The third kappa shape index (κ3) is 4.71. The van der Waals surface area contributed by atoms with Crippen molar-refractivity contribution in [1.29, 1.82) is 0 Å². The van der Waals surface area contributed by atoms with Gasteiger partial charge in [0.15, 0.2) is 0 Å². The summed E-state index contributed by atoms with van der Waals surface area (Å²) in [7, 11) is 0. The summed E-state index contributed by atoms with van der Waals surface area (Å²) in [6, 6.07) is 5.91. The van der Waals surface area contributed by atoms with Gasteiger partial charge in [-0.15, -0.1) is 0 Å². The van der Waals surface area contributed by atoms with E-state index in [2.05, 4.69) is 10.6 Å². The lowest BCUT2D eigenvalue weighted by Crippen LogP contribution is -2.34. The fraction of sp³-hybridized carbons (Fsp3) is 0.600. The lowest BCUT2D eigenvalue weighted by atomic mass is 9.95. The van der Waals surface area contributed by atoms with Crippen LogP contribution >= 0.6 is 0 Å². The van der Waals surface area contributed by atoms with Crippen molar-refractivity contribution in [3.63, 3.8) is 0 Å². The normalized spacial score (nSPS) is 17.1. The minimum absolute atomic E-state index is 0.519. The van der Waals surface area contributed by atoms with Crippen LogP contribution in [0.4, 0.5) is 18.9 Å². The predicted octanol–water partition coefficient (Wildman–Crippen LogP) is 4.04. The highest BCUT2D eigenvalue weighted by Gasteiger charge is 2.30. The van der Waals surface area contributed by atoms with Gasteiger partial charge in [-0.1, -0.05) is 25.3 Å². The molecule has 0 amide bonds. The molecule has 0 aromatic heterocycles. The Kier molecular flexibility index (Phi) is 5.29. The van der Waals surface area contributed by atoms with Crippen molar-refractivity contribution in [2.45, 2.75) is 44.3 Å². The van der Waals surface area contributed by atoms with Gasteiger partial charge in [-0.25, -0.2) is 0 Å². The zero-order valence-corrected chi connectivity index (χ0v) is 11.5. The number of anilines is 1. The Morgan fingerprint density at radius 2 is 1.80 bits per heavy atom. The van der Waals surface area contributed by atoms with Crippen LogP contribution in [0.3, 0.4) is 0 Å². The van der Waals surface area contributed by atoms with Crippen LogP contribution in [-0.2, 0) is 6.18 Å². The molecule has 2 N–H and O–H groups in total. The summed E-state index contributed by atoms with van der Waals surface area (Å²) in [5.74, 6) is 0. The third-order valence-electron chi connectivity index (χ3n) is 3.68. The Morgan fingerprint density at radius 3 is 2.50 bits per heavy atom. The van der Waals surface area contributed by atoms with Gasteiger partial charge in [0, 0.05) is 24.8 Å². The van der Waals surface area contributed by atoms with Gasteiger partial charge in [-0.05, 0) is 31.0 Å². The van der Waals surface area contributed by atoms with E-state index in [1.54, 1.807) is 6.07 Å². The van der Waals surface area contributed by atoms with Crippen LogP contribution in [0.2, 0.25) is 0 Å². The van der Waals surface area contributed by atoms with Gasteiger partial charge in [0.25, 0.3) is 0 Å². The Morgan fingerprint density at radius 1 is 1.05 bits per heavy atom. The van der Waals surface area contributed by atoms with E-state index in [1.807, 2.05) is 0 Å². The second-order valence-electron chi connectivity index (χ2n) is 5.29. The van der Waals surface area contributed by atoms with E-state index in [4.69, 9.17) is 0 Å². The summed E-state index contributed by atoms with van der Waals surface area (Å²) in [5, 5.41) is 6.49. The number of alkyl halides is 3. The fourth-order valence-electron chi connectivity index (χ4n) is 2.60. The smallest absolute Gasteiger partial charge is 0.384 e. The number of hydrogen-bond acceptors (Lipinski definition) is 2. The molecule has 0 radical (unpaired) electrons. The topological polar surface area (TPSA) is 24.1 Å². The van der Waals surface area contributed by atoms with Crippen molar-refractivity contribution in [3.05, 3.63) is 29.8 Å². The summed E-state index contributed by atoms with van der Waals surface area (Å²) < 4.78 is 37.7. The van der Waals surface area contributed by atoms with Gasteiger partial charge in [0.1, 0.15) is 0 Å². The number of nitrogens with one attached hydrogen (secondary N) is 2. The van der Waals surface area contributed by atoms with Crippen molar-refractivity contribution in [1.82, 2.24) is 5.32 Å². The van der Waals surface area contributed by atoms with E-state index < -0.39 is 11.7 Å². The van der Waals surface area contributed by atoms with E-state index >= 15 is 0 Å². The van der Waals surface area contributed by atoms with Crippen LogP contribution in [-0.4, -0.2) is 19.1 Å². The second kappa shape index (κ2) is 6.97. The van der Waals surface area contributed by atoms with Gasteiger partial charge >= 0.3 is 6.18 Å². The van der Waals surface area contributed by atoms with Gasteiger partial charge in [0.2, 0.25) is 0 Å². The Hall–Kier alpha value is -1.23. The van der Waals surface area contributed by atoms with Crippen molar-refractivity contribution in [3.8, 4) is 0 Å². The van der Waals surface area contributed by atoms with Crippen LogP contribution in [0.5, 0.6) is 0 Å². The van der Waals surface area contributed by atoms with Crippen molar-refractivity contribution < 1.29 is 13.2 Å². The van der Waals surface area contributed by atoms with E-state index in [1.165, 1.54) is 38.2 Å². The highest BCUT2D eigenvalue weighted by Crippen LogP contribution is 2.30. The number of benzene rings is 1. The first-order chi connectivity index (χ1) is 9.55. The van der Waals surface area contributed by atoms with Crippen LogP contribution < -0.4 is 10.6 Å². The number of hydrogen-bond donors (Lipinski definition) is 2. The first-order valence-electron chi connectivity index (χ1n) is 7.20. The van der Waals surface area contributed by atoms with Crippen LogP contribution in [0.25, 0.3) is 0 Å². The lowest BCUT2D eigenvalue weighted by molar-refractivity contribution is -0.137. The maximum atomic E-state index is 12.6. The molecule has 20 heavy (non-hydrogen) atoms. The molecule has 1 aliphatic carbocycles. The van der Waals surface area contributed by atoms with Gasteiger partial charge in [0.05, 0.1) is 5.56 Å². The Labute approximate surface area is 117 Å². The van der Waals surface area contributed by atoms with E-state index in [0.717, 1.165) is 18.7 Å². The monoisotopic (exact) mass is 286 g/mol. The molecule has 1 aromatic rings. The lowest BCUT2D eigenvalue weighted by Gasteiger charge is -2.23. The summed E-state index contributed by atoms with van der Waals surface area (Å²) >= 11 is 0. The molecule has 0 atom stereocenters. The highest BCUT2D eigenvalue weighted by molar-refractivity contribution is 5.46. The van der Waals surface area contributed by atoms with Crippen molar-refractivity contribution in [2.24, 2.45) is 0 Å². The maximum Gasteiger partial charge on any atom is 0.416 e. The van der Waals surface area contributed by atoms with Gasteiger partial charge in [-0.2, -0.15) is 13.2 Å². The molecule has 2 nitrogen and oxygen atoms in total. The first kappa shape index (κ1) is 15.2. The molecule has 0 heterocycles. The fourth-order valence-corrected chi connectivity index (χ4v) is 2.60. The minimum atomic E-state index is -4.28. The molecule has 0 aliphatic heterocycles. The van der Waals surface area contributed by atoms with Crippen LogP contribution in [0, 0.1) is 0 Å². The molecule has 1 aliphatic rings. The molecule has 0 saturated heterocycles. The average Bonchev–Trinajstić information content (AvgIpc) is 2.44. The Bertz CT molecular complexity index is 412. The number of halogens is 3. The third-order valence-corrected chi connectivity index (χ3v) is 3.68. The highest BCUT2D eigenvalue weighted by atomic mass is 19.4. The molecular weight excluding hydrogens is 265 g/mol. The molecule has 112 valence electrons. The summed E-state index contributed by atoms with van der Waals surface area (Å²) in [4.78, 5) is 0. The first-order valence-corrected chi connectivity index (χ1v) is 7.20. The van der Waals surface area contributed by atoms with E-state index in [9.17, 15) is 13.2 Å². The summed E-state index contributed by atoms with van der Waals surface area (Å²) in [5.41, 5.74) is -0.0898. The molecular formula is C15H21F3N2. The Balaban J connectivity index is 1.73. The van der Waals surface area contributed by atoms with Gasteiger partial charge < -0.3 is 10.6 Å². The summed E-state index contributed by atoms with van der Waals surface area (Å²) in [6.45, 7) is 1.42. The number of rotatable bonds is 5. The van der Waals surface area contributed by atoms with Crippen molar-refractivity contribution >= 4 is 5.69 Å². The maximum absolute atomic E-state index is 12.6. The van der Waals surface area contributed by atoms with Gasteiger partial charge in [-0.3, -0.25) is 0 Å². The minimum Gasteiger partial charge on any atom is -0.384 e. The molecule has 0 unspecified atom stereocenters. The largest absolute Gasteiger partial charge is 0.416 e. The van der Waals surface area contributed by atoms with Crippen LogP contribution in [0.15, 0.2) is 24.3 Å². The van der Waals surface area contributed by atoms with Crippen LogP contribution in [0.1, 0.15) is 37.7 Å². The molecule has 2 rings (SSSR count). The molecule has 5 heteroatoms. The molecule has 0 spiro atoms.